The van der Waals surface area contributed by atoms with Gasteiger partial charge in [-0.1, -0.05) is 297 Å². The second kappa shape index (κ2) is 25.3. The Bertz CT molecular complexity index is 6940. The number of aromatic nitrogens is 4. The van der Waals surface area contributed by atoms with Crippen molar-refractivity contribution >= 4 is 21.9 Å². The third-order valence-corrected chi connectivity index (χ3v) is 23.7. The summed E-state index contributed by atoms with van der Waals surface area (Å²) in [6.45, 7) is 0. The molecule has 4 aliphatic rings. The summed E-state index contributed by atoms with van der Waals surface area (Å²) in [4.78, 5) is 21.6. The number of ether oxygens (including phenoxy) is 2. The van der Waals surface area contributed by atoms with Gasteiger partial charge in [-0.05, 0) is 174 Å². The minimum atomic E-state index is -0.794. The summed E-state index contributed by atoms with van der Waals surface area (Å²) in [5.74, 6) is 4.55. The van der Waals surface area contributed by atoms with Crippen molar-refractivity contribution in [3.8, 4) is 158 Å². The molecular formula is C106H64N4O3. The number of hydrogen-bond donors (Lipinski definition) is 0. The third kappa shape index (κ3) is 10.0. The molecule has 0 unspecified atom stereocenters. The topological polar surface area (TPSA) is 83.2 Å². The molecule has 0 N–H and O–H groups in total. The number of fused-ring (bicyclic) bond motifs is 21. The van der Waals surface area contributed by atoms with Crippen molar-refractivity contribution in [1.82, 2.24) is 19.9 Å². The smallest absolute Gasteiger partial charge is 0.160 e. The van der Waals surface area contributed by atoms with Crippen LogP contribution in [-0.2, 0) is 10.8 Å². The van der Waals surface area contributed by atoms with E-state index in [1.54, 1.807) is 0 Å². The second-order valence-corrected chi connectivity index (χ2v) is 29.8. The van der Waals surface area contributed by atoms with Crippen LogP contribution >= 0.6 is 0 Å². The fourth-order valence-corrected chi connectivity index (χ4v) is 18.6. The van der Waals surface area contributed by atoms with Crippen molar-refractivity contribution in [3.63, 3.8) is 0 Å². The maximum atomic E-state index is 7.22. The molecule has 0 amide bonds. The first-order valence-corrected chi connectivity index (χ1v) is 38.4. The Labute approximate surface area is 652 Å². The molecule has 5 heterocycles. The van der Waals surface area contributed by atoms with Gasteiger partial charge in [-0.25, -0.2) is 19.9 Å². The Morgan fingerprint density at radius 3 is 1.06 bits per heavy atom. The normalized spacial score (nSPS) is 13.2. The van der Waals surface area contributed by atoms with E-state index in [4.69, 9.17) is 33.8 Å². The van der Waals surface area contributed by atoms with Crippen LogP contribution in [0.4, 0.5) is 0 Å². The van der Waals surface area contributed by atoms with Gasteiger partial charge in [-0.15, -0.1) is 0 Å². The zero-order valence-corrected chi connectivity index (χ0v) is 61.0. The number of para-hydroxylation sites is 2. The van der Waals surface area contributed by atoms with Gasteiger partial charge in [0.25, 0.3) is 0 Å². The fourth-order valence-electron chi connectivity index (χ4n) is 18.6. The second-order valence-electron chi connectivity index (χ2n) is 29.8. The molecule has 16 aromatic carbocycles. The minimum absolute atomic E-state index is 0.623. The molecule has 0 bridgehead atoms. The maximum absolute atomic E-state index is 7.22. The molecule has 0 saturated heterocycles. The van der Waals surface area contributed by atoms with E-state index in [9.17, 15) is 0 Å². The number of benzene rings is 16. The summed E-state index contributed by atoms with van der Waals surface area (Å²) < 4.78 is 21.1. The van der Waals surface area contributed by atoms with Crippen LogP contribution in [0.2, 0.25) is 0 Å². The number of nitrogens with zero attached hydrogens (tertiary/aromatic N) is 4. The van der Waals surface area contributed by atoms with E-state index in [0.717, 1.165) is 168 Å². The van der Waals surface area contributed by atoms with Crippen molar-refractivity contribution in [2.75, 3.05) is 0 Å². The average Bonchev–Trinajstić information content (AvgIpc) is 1.55. The zero-order chi connectivity index (χ0) is 74.3. The quantitative estimate of drug-likeness (QED) is 0.135. The lowest BCUT2D eigenvalue weighted by atomic mass is 9.65. The molecule has 7 heteroatoms. The molecule has 113 heavy (non-hydrogen) atoms. The molecule has 23 rings (SSSR count). The molecule has 0 radical (unpaired) electrons. The lowest BCUT2D eigenvalue weighted by Crippen LogP contribution is -2.32. The van der Waals surface area contributed by atoms with Crippen LogP contribution in [-0.4, -0.2) is 19.9 Å². The predicted molar refractivity (Wildman–Crippen MR) is 454 cm³/mol. The lowest BCUT2D eigenvalue weighted by molar-refractivity contribution is 0.436. The number of furan rings is 1. The fraction of sp³-hybridized carbons (Fsp3) is 0.0189. The maximum Gasteiger partial charge on any atom is 0.160 e. The molecule has 19 aromatic rings. The van der Waals surface area contributed by atoms with Gasteiger partial charge in [0.1, 0.15) is 34.2 Å². The zero-order valence-electron chi connectivity index (χ0n) is 61.0. The van der Waals surface area contributed by atoms with E-state index in [-0.39, 0.29) is 0 Å². The van der Waals surface area contributed by atoms with Crippen LogP contribution in [0.3, 0.4) is 0 Å². The first-order chi connectivity index (χ1) is 55.9. The summed E-state index contributed by atoms with van der Waals surface area (Å²) in [5, 5.41) is 2.06. The number of hydrogen-bond acceptors (Lipinski definition) is 7. The van der Waals surface area contributed by atoms with E-state index in [2.05, 4.69) is 370 Å². The summed E-state index contributed by atoms with van der Waals surface area (Å²) in [5.41, 5.74) is 31.8. The van der Waals surface area contributed by atoms with Crippen LogP contribution < -0.4 is 9.47 Å². The van der Waals surface area contributed by atoms with Crippen molar-refractivity contribution in [2.24, 2.45) is 0 Å². The summed E-state index contributed by atoms with van der Waals surface area (Å²) >= 11 is 0. The van der Waals surface area contributed by atoms with Gasteiger partial charge >= 0.3 is 0 Å². The Morgan fingerprint density at radius 1 is 0.186 bits per heavy atom. The minimum Gasteiger partial charge on any atom is -0.457 e. The SMILES string of the molecule is c1ccc(-c2cccc(-c3cc(-c4ccc5c(c4)C4(c6cc(-c7ccc8oc9c(-c%10ccc(-c%11cc(-c%12ccc%13c(c%12)C%12(c%14ccccc%14O%13)c%13ccccc%13-c%13ccccc%13%12)nc(-c%12ccccc%12)n%11)cc%10)cccc9c8c7)ccc6O5)c5ccccc5-c5ccccc54)nc(-c4cccc(-c5ccccc5)c4)n3)c2)cc1. The van der Waals surface area contributed by atoms with Crippen LogP contribution in [0, 0.1) is 0 Å². The highest BCUT2D eigenvalue weighted by molar-refractivity contribution is 6.11. The monoisotopic (exact) mass is 1440 g/mol. The van der Waals surface area contributed by atoms with E-state index in [1.807, 2.05) is 18.2 Å². The standard InChI is InChI=1S/C106H64N4O3/c1-4-23-65(24-5-1)70-29-20-31-74(57-70)94-64-96(110-104(109-94)77-32-21-30-71(58-77)66-25-6-2-7-26-66)76-52-56-101-92(62-76)106(87-41-16-12-35-81(87)82-36-13-17-42-88(82)106)90-60-73(50-54-99(90)112-101)72-49-53-97-84(59-72)83-38-22-37-78(102(83)113-97)67-45-47-68(48-46-67)93-63-95(108-103(107-93)69-27-8-3-9-28-69)75-51-55-100-91(61-75)105(89-43-18-19-44-98(89)111-100)85-39-14-10-33-79(85)80-34-11-15-40-86(80)105/h1-64H. The highest BCUT2D eigenvalue weighted by Gasteiger charge is 2.53. The molecule has 0 fully saturated rings. The van der Waals surface area contributed by atoms with Crippen molar-refractivity contribution in [3.05, 3.63) is 433 Å². The Morgan fingerprint density at radius 2 is 0.522 bits per heavy atom. The molecule has 2 spiro atoms. The van der Waals surface area contributed by atoms with Gasteiger partial charge in [0.2, 0.25) is 0 Å². The van der Waals surface area contributed by atoms with Crippen molar-refractivity contribution < 1.29 is 13.9 Å². The van der Waals surface area contributed by atoms with Crippen LogP contribution in [0.1, 0.15) is 44.5 Å². The molecule has 2 aliphatic carbocycles. The summed E-state index contributed by atoms with van der Waals surface area (Å²) in [6, 6.07) is 139. The van der Waals surface area contributed by atoms with E-state index in [0.29, 0.717) is 11.6 Å². The van der Waals surface area contributed by atoms with Gasteiger partial charge < -0.3 is 13.9 Å². The van der Waals surface area contributed by atoms with Crippen LogP contribution in [0.25, 0.3) is 157 Å². The highest BCUT2D eigenvalue weighted by Crippen LogP contribution is 2.65. The third-order valence-electron chi connectivity index (χ3n) is 23.7. The van der Waals surface area contributed by atoms with Gasteiger partial charge in [-0.3, -0.25) is 0 Å². The largest absolute Gasteiger partial charge is 0.457 e. The molecule has 0 saturated carbocycles. The van der Waals surface area contributed by atoms with Gasteiger partial charge in [0.05, 0.1) is 33.6 Å². The van der Waals surface area contributed by atoms with Gasteiger partial charge in [0.15, 0.2) is 11.6 Å². The molecule has 3 aromatic heterocycles. The molecule has 526 valence electrons. The molecule has 2 aliphatic heterocycles. The summed E-state index contributed by atoms with van der Waals surface area (Å²) in [6.07, 6.45) is 0. The van der Waals surface area contributed by atoms with E-state index >= 15 is 0 Å². The first-order valence-electron chi connectivity index (χ1n) is 38.4. The van der Waals surface area contributed by atoms with Crippen LogP contribution in [0.15, 0.2) is 393 Å². The predicted octanol–water partition coefficient (Wildman–Crippen LogP) is 26.8. The highest BCUT2D eigenvalue weighted by atomic mass is 16.5. The van der Waals surface area contributed by atoms with Crippen molar-refractivity contribution in [1.29, 1.82) is 0 Å². The van der Waals surface area contributed by atoms with Crippen LogP contribution in [0.5, 0.6) is 23.0 Å². The van der Waals surface area contributed by atoms with Gasteiger partial charge in [-0.2, -0.15) is 0 Å². The lowest BCUT2D eigenvalue weighted by Gasteiger charge is -2.40. The molecular weight excluding hydrogens is 1380 g/mol. The Hall–Kier alpha value is -14.9. The molecule has 7 nitrogen and oxygen atoms in total. The Kier molecular flexibility index (Phi) is 14.4. The Balaban J connectivity index is 0.615. The van der Waals surface area contributed by atoms with E-state index < -0.39 is 10.8 Å². The van der Waals surface area contributed by atoms with E-state index in [1.165, 1.54) is 44.5 Å². The summed E-state index contributed by atoms with van der Waals surface area (Å²) in [7, 11) is 0. The first kappa shape index (κ1) is 64.1. The number of rotatable bonds is 10. The van der Waals surface area contributed by atoms with Gasteiger partial charge in [0, 0.05) is 72.0 Å². The molecule has 0 atom stereocenters. The average molecular weight is 1440 g/mol. The van der Waals surface area contributed by atoms with Crippen molar-refractivity contribution in [2.45, 2.75) is 10.8 Å².